The maximum absolute atomic E-state index is 12.2. The Labute approximate surface area is 154 Å². The normalized spacial score (nSPS) is 20.3. The van der Waals surface area contributed by atoms with Gasteiger partial charge in [-0.15, -0.1) is 0 Å². The van der Waals surface area contributed by atoms with Gasteiger partial charge in [0.15, 0.2) is 6.61 Å². The number of rotatable bonds is 5. The van der Waals surface area contributed by atoms with Crippen molar-refractivity contribution in [3.63, 3.8) is 0 Å². The van der Waals surface area contributed by atoms with Crippen molar-refractivity contribution < 1.29 is 19.1 Å². The molecule has 1 aromatic carbocycles. The average Bonchev–Trinajstić information content (AvgIpc) is 3.04. The van der Waals surface area contributed by atoms with Gasteiger partial charge in [-0.05, 0) is 42.9 Å². The van der Waals surface area contributed by atoms with Gasteiger partial charge in [-0.3, -0.25) is 9.59 Å². The lowest BCUT2D eigenvalue weighted by Gasteiger charge is -2.30. The number of carbonyl (C=O) groups excluding carboxylic acids is 3. The maximum atomic E-state index is 12.2. The number of hydrogen-bond donors (Lipinski definition) is 0. The SMILES string of the molecule is CC1CCCN(C(=O)COC(=O)c2ccc(CN3CCCC3=O)cc2)C1. The first-order valence-corrected chi connectivity index (χ1v) is 9.34. The molecule has 3 rings (SSSR count). The van der Waals surface area contributed by atoms with Crippen LogP contribution in [0.15, 0.2) is 24.3 Å². The van der Waals surface area contributed by atoms with Crippen molar-refractivity contribution in [3.8, 4) is 0 Å². The largest absolute Gasteiger partial charge is 0.452 e. The van der Waals surface area contributed by atoms with Crippen LogP contribution in [0.5, 0.6) is 0 Å². The molecular formula is C20H26N2O4. The van der Waals surface area contributed by atoms with E-state index in [0.29, 0.717) is 24.4 Å². The van der Waals surface area contributed by atoms with Crippen molar-refractivity contribution in [3.05, 3.63) is 35.4 Å². The molecular weight excluding hydrogens is 332 g/mol. The second kappa shape index (κ2) is 8.34. The minimum Gasteiger partial charge on any atom is -0.452 e. The molecule has 1 unspecified atom stereocenters. The second-order valence-electron chi connectivity index (χ2n) is 7.28. The lowest BCUT2D eigenvalue weighted by Crippen LogP contribution is -2.41. The molecule has 0 saturated carbocycles. The number of piperidine rings is 1. The Kier molecular flexibility index (Phi) is 5.91. The van der Waals surface area contributed by atoms with Crippen LogP contribution in [0.25, 0.3) is 0 Å². The standard InChI is InChI=1S/C20H26N2O4/c1-15-4-2-10-21(12-15)19(24)14-26-20(25)17-8-6-16(7-9-17)13-22-11-3-5-18(22)23/h6-9,15H,2-5,10-14H2,1H3. The lowest BCUT2D eigenvalue weighted by atomic mass is 10.0. The highest BCUT2D eigenvalue weighted by Crippen LogP contribution is 2.16. The first-order valence-electron chi connectivity index (χ1n) is 9.34. The van der Waals surface area contributed by atoms with Crippen molar-refractivity contribution in [2.75, 3.05) is 26.2 Å². The van der Waals surface area contributed by atoms with Gasteiger partial charge in [-0.25, -0.2) is 4.79 Å². The van der Waals surface area contributed by atoms with Crippen LogP contribution >= 0.6 is 0 Å². The summed E-state index contributed by atoms with van der Waals surface area (Å²) in [6, 6.07) is 7.03. The Hall–Kier alpha value is -2.37. The minimum atomic E-state index is -0.493. The third kappa shape index (κ3) is 4.62. The van der Waals surface area contributed by atoms with Crippen molar-refractivity contribution in [1.82, 2.24) is 9.80 Å². The fraction of sp³-hybridized carbons (Fsp3) is 0.550. The molecule has 6 heteroatoms. The zero-order valence-corrected chi connectivity index (χ0v) is 15.3. The van der Waals surface area contributed by atoms with E-state index < -0.39 is 5.97 Å². The maximum Gasteiger partial charge on any atom is 0.338 e. The van der Waals surface area contributed by atoms with E-state index >= 15 is 0 Å². The summed E-state index contributed by atoms with van der Waals surface area (Å²) < 4.78 is 5.17. The Morgan fingerprint density at radius 3 is 2.58 bits per heavy atom. The van der Waals surface area contributed by atoms with E-state index in [2.05, 4.69) is 6.92 Å². The lowest BCUT2D eigenvalue weighted by molar-refractivity contribution is -0.136. The van der Waals surface area contributed by atoms with Crippen LogP contribution in [0.2, 0.25) is 0 Å². The first-order chi connectivity index (χ1) is 12.5. The number of amides is 2. The van der Waals surface area contributed by atoms with Crippen LogP contribution in [-0.4, -0.2) is 53.8 Å². The molecule has 2 fully saturated rings. The van der Waals surface area contributed by atoms with E-state index in [4.69, 9.17) is 4.74 Å². The number of hydrogen-bond acceptors (Lipinski definition) is 4. The van der Waals surface area contributed by atoms with E-state index in [1.807, 2.05) is 17.0 Å². The Morgan fingerprint density at radius 1 is 1.15 bits per heavy atom. The van der Waals surface area contributed by atoms with Crippen LogP contribution in [-0.2, 0) is 20.9 Å². The molecule has 26 heavy (non-hydrogen) atoms. The summed E-state index contributed by atoms with van der Waals surface area (Å²) in [7, 11) is 0. The van der Waals surface area contributed by atoms with E-state index in [0.717, 1.165) is 44.5 Å². The molecule has 1 atom stereocenters. The highest BCUT2D eigenvalue weighted by Gasteiger charge is 2.22. The zero-order chi connectivity index (χ0) is 18.5. The number of carbonyl (C=O) groups is 3. The van der Waals surface area contributed by atoms with E-state index in [9.17, 15) is 14.4 Å². The van der Waals surface area contributed by atoms with Gasteiger partial charge in [0, 0.05) is 32.6 Å². The number of ether oxygens (including phenoxy) is 1. The molecule has 2 amide bonds. The van der Waals surface area contributed by atoms with Crippen LogP contribution in [0, 0.1) is 5.92 Å². The summed E-state index contributed by atoms with van der Waals surface area (Å²) in [6.45, 7) is 4.75. The third-order valence-corrected chi connectivity index (χ3v) is 5.07. The van der Waals surface area contributed by atoms with Crippen molar-refractivity contribution >= 4 is 17.8 Å². The van der Waals surface area contributed by atoms with Gasteiger partial charge < -0.3 is 14.5 Å². The van der Waals surface area contributed by atoms with Gasteiger partial charge in [-0.2, -0.15) is 0 Å². The minimum absolute atomic E-state index is 0.130. The van der Waals surface area contributed by atoms with Gasteiger partial charge in [-0.1, -0.05) is 19.1 Å². The molecule has 0 aliphatic carbocycles. The Morgan fingerprint density at radius 2 is 1.92 bits per heavy atom. The van der Waals surface area contributed by atoms with Crippen LogP contribution < -0.4 is 0 Å². The van der Waals surface area contributed by atoms with E-state index in [1.54, 1.807) is 17.0 Å². The van der Waals surface area contributed by atoms with Crippen LogP contribution in [0.3, 0.4) is 0 Å². The topological polar surface area (TPSA) is 66.9 Å². The quantitative estimate of drug-likeness (QED) is 0.757. The molecule has 2 aliphatic rings. The molecule has 140 valence electrons. The zero-order valence-electron chi connectivity index (χ0n) is 15.3. The van der Waals surface area contributed by atoms with Crippen LogP contribution in [0.1, 0.15) is 48.5 Å². The van der Waals surface area contributed by atoms with Gasteiger partial charge >= 0.3 is 5.97 Å². The van der Waals surface area contributed by atoms with Crippen molar-refractivity contribution in [2.24, 2.45) is 5.92 Å². The second-order valence-corrected chi connectivity index (χ2v) is 7.28. The molecule has 6 nitrogen and oxygen atoms in total. The smallest absolute Gasteiger partial charge is 0.338 e. The van der Waals surface area contributed by atoms with Gasteiger partial charge in [0.2, 0.25) is 5.91 Å². The fourth-order valence-corrected chi connectivity index (χ4v) is 3.56. The number of benzene rings is 1. The van der Waals surface area contributed by atoms with Crippen molar-refractivity contribution in [1.29, 1.82) is 0 Å². The fourth-order valence-electron chi connectivity index (χ4n) is 3.56. The van der Waals surface area contributed by atoms with E-state index in [1.165, 1.54) is 0 Å². The molecule has 0 N–H and O–H groups in total. The molecule has 2 heterocycles. The summed E-state index contributed by atoms with van der Waals surface area (Å²) in [5, 5.41) is 0. The third-order valence-electron chi connectivity index (χ3n) is 5.07. The summed E-state index contributed by atoms with van der Waals surface area (Å²) in [5.74, 6) is 0.0544. The molecule has 0 aromatic heterocycles. The summed E-state index contributed by atoms with van der Waals surface area (Å²) in [4.78, 5) is 39.6. The molecule has 2 aliphatic heterocycles. The molecule has 0 spiro atoms. The molecule has 1 aromatic rings. The molecule has 0 bridgehead atoms. The first kappa shape index (κ1) is 18.4. The predicted octanol–water partition coefficient (Wildman–Crippen LogP) is 2.22. The number of nitrogens with zero attached hydrogens (tertiary/aromatic N) is 2. The van der Waals surface area contributed by atoms with Gasteiger partial charge in [0.1, 0.15) is 0 Å². The van der Waals surface area contributed by atoms with E-state index in [-0.39, 0.29) is 18.4 Å². The Balaban J connectivity index is 1.48. The van der Waals surface area contributed by atoms with Crippen LogP contribution in [0.4, 0.5) is 0 Å². The summed E-state index contributed by atoms with van der Waals surface area (Å²) in [6.07, 6.45) is 3.67. The summed E-state index contributed by atoms with van der Waals surface area (Å²) in [5.41, 5.74) is 1.40. The summed E-state index contributed by atoms with van der Waals surface area (Å²) >= 11 is 0. The number of esters is 1. The molecule has 0 radical (unpaired) electrons. The van der Waals surface area contributed by atoms with Gasteiger partial charge in [0.25, 0.3) is 5.91 Å². The van der Waals surface area contributed by atoms with Gasteiger partial charge in [0.05, 0.1) is 5.56 Å². The highest BCUT2D eigenvalue weighted by molar-refractivity contribution is 5.91. The monoisotopic (exact) mass is 358 g/mol. The number of likely N-dealkylation sites (tertiary alicyclic amines) is 2. The van der Waals surface area contributed by atoms with Crippen molar-refractivity contribution in [2.45, 2.75) is 39.2 Å². The highest BCUT2D eigenvalue weighted by atomic mass is 16.5. The average molecular weight is 358 g/mol. The Bertz CT molecular complexity index is 671. The predicted molar refractivity (Wildman–Crippen MR) is 96.4 cm³/mol. The molecule has 2 saturated heterocycles.